The fourth-order valence-corrected chi connectivity index (χ4v) is 2.71. The van der Waals surface area contributed by atoms with E-state index in [4.69, 9.17) is 0 Å². The molecule has 0 spiro atoms. The normalized spacial score (nSPS) is 13.7. The van der Waals surface area contributed by atoms with Crippen LogP contribution >= 0.6 is 7.60 Å². The van der Waals surface area contributed by atoms with Crippen molar-refractivity contribution in [3.63, 3.8) is 0 Å². The molecule has 10 heteroatoms. The van der Waals surface area contributed by atoms with E-state index >= 15 is 0 Å². The van der Waals surface area contributed by atoms with Crippen molar-refractivity contribution >= 4 is 18.6 Å². The predicted molar refractivity (Wildman–Crippen MR) is 70.3 cm³/mol. The van der Waals surface area contributed by atoms with Gasteiger partial charge in [0.1, 0.15) is 23.6 Å². The van der Waals surface area contributed by atoms with Gasteiger partial charge in [0.05, 0.1) is 18.5 Å². The predicted octanol–water partition coefficient (Wildman–Crippen LogP) is -3.02. The van der Waals surface area contributed by atoms with Crippen molar-refractivity contribution in [3.05, 3.63) is 28.4 Å². The maximum atomic E-state index is 11.5. The van der Waals surface area contributed by atoms with Crippen LogP contribution in [0.1, 0.15) is 12.0 Å². The van der Waals surface area contributed by atoms with Gasteiger partial charge in [-0.25, -0.2) is 4.98 Å². The van der Waals surface area contributed by atoms with E-state index in [1.807, 2.05) is 0 Å². The van der Waals surface area contributed by atoms with Crippen LogP contribution in [0.5, 0.6) is 0 Å². The van der Waals surface area contributed by atoms with Crippen molar-refractivity contribution in [1.29, 1.82) is 0 Å². The molecule has 0 unspecified atom stereocenters. The van der Waals surface area contributed by atoms with Gasteiger partial charge in [0.15, 0.2) is 0 Å². The van der Waals surface area contributed by atoms with Gasteiger partial charge >= 0.3 is 0 Å². The highest BCUT2D eigenvalue weighted by atomic mass is 31.2. The van der Waals surface area contributed by atoms with E-state index in [2.05, 4.69) is 15.0 Å². The second-order valence-corrected chi connectivity index (χ2v) is 6.44. The molecule has 5 N–H and O–H groups in total. The molecule has 0 saturated heterocycles. The Bertz CT molecular complexity index is 706. The minimum Gasteiger partial charge on any atom is -0.811 e. The Morgan fingerprint density at radius 1 is 1.43 bits per heavy atom. The van der Waals surface area contributed by atoms with Crippen LogP contribution in [0, 0.1) is 0 Å². The third-order valence-electron chi connectivity index (χ3n) is 3.23. The molecule has 9 nitrogen and oxygen atoms in total. The van der Waals surface area contributed by atoms with Crippen molar-refractivity contribution in [2.45, 2.75) is 19.0 Å². The number of nitrogens with zero attached hydrogens (tertiary/aromatic N) is 1. The number of aromatic nitrogens is 3. The summed E-state index contributed by atoms with van der Waals surface area (Å²) >= 11 is 0. The molecule has 1 atom stereocenters. The molecule has 2 aromatic rings. The molecule has 0 saturated carbocycles. The molecule has 0 fully saturated rings. The second kappa shape index (κ2) is 6.50. The summed E-state index contributed by atoms with van der Waals surface area (Å²) in [6.45, 7) is 0.167. The highest BCUT2D eigenvalue weighted by Crippen LogP contribution is 2.23. The number of H-pyrrole nitrogens is 2. The molecular formula is C11H16N4O5P-. The molecule has 116 valence electrons. The highest BCUT2D eigenvalue weighted by Gasteiger charge is 2.14. The van der Waals surface area contributed by atoms with Gasteiger partial charge in [-0.05, 0) is 6.16 Å². The Kier molecular flexibility index (Phi) is 4.92. The quantitative estimate of drug-likeness (QED) is 0.397. The van der Waals surface area contributed by atoms with Crippen LogP contribution in [0.2, 0.25) is 0 Å². The Balaban J connectivity index is 2.02. The summed E-state index contributed by atoms with van der Waals surface area (Å²) < 4.78 is 10.6. The Labute approximate surface area is 119 Å². The summed E-state index contributed by atoms with van der Waals surface area (Å²) in [7, 11) is -4.56. The van der Waals surface area contributed by atoms with Crippen molar-refractivity contribution in [1.82, 2.24) is 15.0 Å². The Morgan fingerprint density at radius 2 is 2.19 bits per heavy atom. The van der Waals surface area contributed by atoms with Gasteiger partial charge in [-0.2, -0.15) is 0 Å². The van der Waals surface area contributed by atoms with E-state index in [0.717, 1.165) is 5.56 Å². The molecule has 0 bridgehead atoms. The lowest BCUT2D eigenvalue weighted by Crippen LogP contribution is -2.89. The molecule has 21 heavy (non-hydrogen) atoms. The standard InChI is InChI=1S/C11H17N4O5P/c16-5-8(1-2-21(18,19)20)12-3-7-4-13-10-9(7)14-6-15-11(10)17/h4,6,8,12-13,16H,1-3,5H2,(H,14,15,17)(H2,18,19,20)/p-1/t8-/m0/s1. The number of aromatic amines is 2. The monoisotopic (exact) mass is 315 g/mol. The largest absolute Gasteiger partial charge is 0.811 e. The van der Waals surface area contributed by atoms with Crippen molar-refractivity contribution in [2.75, 3.05) is 12.8 Å². The number of hydrogen-bond acceptors (Lipinski definition) is 6. The average Bonchev–Trinajstić information content (AvgIpc) is 2.83. The number of hydrogen-bond donors (Lipinski definition) is 4. The van der Waals surface area contributed by atoms with Crippen LogP contribution in [-0.2, 0) is 11.1 Å². The zero-order valence-corrected chi connectivity index (χ0v) is 12.0. The summed E-state index contributed by atoms with van der Waals surface area (Å²) in [5, 5.41) is 10.9. The summed E-state index contributed by atoms with van der Waals surface area (Å²) in [4.78, 5) is 42.1. The molecule has 0 aliphatic carbocycles. The first kappa shape index (κ1) is 15.9. The third kappa shape index (κ3) is 4.23. The van der Waals surface area contributed by atoms with Gasteiger partial charge in [-0.1, -0.05) is 7.60 Å². The average molecular weight is 315 g/mol. The van der Waals surface area contributed by atoms with Gasteiger partial charge < -0.3 is 34.7 Å². The molecule has 0 aliphatic heterocycles. The first-order valence-electron chi connectivity index (χ1n) is 6.39. The van der Waals surface area contributed by atoms with Gasteiger partial charge in [-0.3, -0.25) is 4.79 Å². The number of quaternary nitrogens is 1. The van der Waals surface area contributed by atoms with Gasteiger partial charge in [0.2, 0.25) is 0 Å². The van der Waals surface area contributed by atoms with Crippen molar-refractivity contribution < 1.29 is 24.8 Å². The van der Waals surface area contributed by atoms with Crippen molar-refractivity contribution in [3.8, 4) is 0 Å². The summed E-state index contributed by atoms with van der Waals surface area (Å²) in [6.07, 6.45) is 2.54. The fourth-order valence-electron chi connectivity index (χ4n) is 2.06. The summed E-state index contributed by atoms with van der Waals surface area (Å²) in [6, 6.07) is -0.395. The molecule has 0 aliphatic rings. The van der Waals surface area contributed by atoms with Crippen LogP contribution in [-0.4, -0.2) is 38.9 Å². The number of nitrogens with two attached hydrogens (primary N) is 1. The number of aliphatic hydroxyl groups is 1. The van der Waals surface area contributed by atoms with Crippen LogP contribution in [0.25, 0.3) is 11.0 Å². The van der Waals surface area contributed by atoms with Gasteiger partial charge in [0.25, 0.3) is 5.56 Å². The minimum atomic E-state index is -4.56. The molecular weight excluding hydrogens is 299 g/mol. The molecule has 2 heterocycles. The van der Waals surface area contributed by atoms with Gasteiger partial charge in [0, 0.05) is 12.6 Å². The molecule has 0 radical (unpaired) electrons. The van der Waals surface area contributed by atoms with Crippen LogP contribution in [0.15, 0.2) is 17.3 Å². The fraction of sp³-hybridized carbons (Fsp3) is 0.455. The maximum Gasteiger partial charge on any atom is 0.275 e. The van der Waals surface area contributed by atoms with E-state index in [-0.39, 0.29) is 18.6 Å². The first-order chi connectivity index (χ1) is 9.90. The van der Waals surface area contributed by atoms with E-state index < -0.39 is 19.8 Å². The Morgan fingerprint density at radius 3 is 2.86 bits per heavy atom. The molecule has 0 amide bonds. The zero-order valence-electron chi connectivity index (χ0n) is 11.1. The lowest BCUT2D eigenvalue weighted by atomic mass is 10.2. The summed E-state index contributed by atoms with van der Waals surface area (Å²) in [5.74, 6) is 0. The van der Waals surface area contributed by atoms with E-state index in [9.17, 15) is 24.3 Å². The third-order valence-corrected chi connectivity index (χ3v) is 4.03. The zero-order chi connectivity index (χ0) is 15.5. The lowest BCUT2D eigenvalue weighted by Gasteiger charge is -2.30. The Hall–Kier alpha value is -1.51. The lowest BCUT2D eigenvalue weighted by molar-refractivity contribution is -0.705. The minimum absolute atomic E-state index is 0.0805. The molecule has 2 aromatic heterocycles. The van der Waals surface area contributed by atoms with Crippen molar-refractivity contribution in [2.24, 2.45) is 0 Å². The van der Waals surface area contributed by atoms with Crippen LogP contribution in [0.3, 0.4) is 0 Å². The topological polar surface area (TPSA) is 162 Å². The first-order valence-corrected chi connectivity index (χ1v) is 8.12. The molecule has 2 rings (SSSR count). The van der Waals surface area contributed by atoms with E-state index in [1.165, 1.54) is 6.33 Å². The van der Waals surface area contributed by atoms with Crippen LogP contribution < -0.4 is 20.7 Å². The number of aliphatic hydroxyl groups excluding tert-OH is 1. The number of nitrogens with one attached hydrogen (secondary N) is 2. The van der Waals surface area contributed by atoms with Crippen LogP contribution in [0.4, 0.5) is 0 Å². The highest BCUT2D eigenvalue weighted by molar-refractivity contribution is 7.48. The maximum absolute atomic E-state index is 11.5. The summed E-state index contributed by atoms with van der Waals surface area (Å²) in [5.41, 5.74) is 1.39. The molecule has 0 aromatic carbocycles. The number of fused-ring (bicyclic) bond motifs is 1. The second-order valence-electron chi connectivity index (χ2n) is 4.77. The van der Waals surface area contributed by atoms with E-state index in [1.54, 1.807) is 11.5 Å². The smallest absolute Gasteiger partial charge is 0.275 e. The van der Waals surface area contributed by atoms with E-state index in [0.29, 0.717) is 17.6 Å². The SMILES string of the molecule is O=c1[nH]cnc2c(C[NH2+][C@H](CO)CCP(=O)([O-])[O-])c[nH]c12. The van der Waals surface area contributed by atoms with Gasteiger partial charge in [-0.15, -0.1) is 0 Å². The number of rotatable bonds is 7.